The average Bonchev–Trinajstić information content (AvgIpc) is 2.75. The Kier molecular flexibility index (Phi) is 7.28. The lowest BCUT2D eigenvalue weighted by Crippen LogP contribution is -2.30. The van der Waals surface area contributed by atoms with E-state index in [1.807, 2.05) is 11.8 Å². The van der Waals surface area contributed by atoms with Crippen LogP contribution in [0.5, 0.6) is 0 Å². The average molecular weight is 257 g/mol. The highest BCUT2D eigenvalue weighted by Gasteiger charge is 2.12. The zero-order valence-electron chi connectivity index (χ0n) is 11.0. The zero-order valence-corrected chi connectivity index (χ0v) is 11.8. The summed E-state index contributed by atoms with van der Waals surface area (Å²) in [5.74, 6) is 3.51. The summed E-state index contributed by atoms with van der Waals surface area (Å²) in [7, 11) is 0. The first-order valence-corrected chi connectivity index (χ1v) is 7.58. The Bertz CT molecular complexity index is 298. The van der Waals surface area contributed by atoms with Crippen LogP contribution in [-0.2, 0) is 12.2 Å². The molecule has 1 heterocycles. The highest BCUT2D eigenvalue weighted by atomic mass is 32.2. The van der Waals surface area contributed by atoms with Crippen LogP contribution in [0.1, 0.15) is 45.3 Å². The van der Waals surface area contributed by atoms with E-state index in [1.54, 1.807) is 0 Å². The molecule has 98 valence electrons. The van der Waals surface area contributed by atoms with E-state index in [2.05, 4.69) is 36.2 Å². The van der Waals surface area contributed by atoms with Gasteiger partial charge in [0.15, 0.2) is 5.82 Å². The molecule has 1 unspecified atom stereocenters. The first kappa shape index (κ1) is 14.5. The normalized spacial score (nSPS) is 12.9. The summed E-state index contributed by atoms with van der Waals surface area (Å²) in [4.78, 5) is 4.41. The van der Waals surface area contributed by atoms with Gasteiger partial charge in [-0.3, -0.25) is 0 Å². The van der Waals surface area contributed by atoms with Gasteiger partial charge in [-0.15, -0.1) is 0 Å². The summed E-state index contributed by atoms with van der Waals surface area (Å²) in [6.07, 6.45) is 3.16. The van der Waals surface area contributed by atoms with E-state index in [9.17, 15) is 0 Å². The summed E-state index contributed by atoms with van der Waals surface area (Å²) in [5, 5.41) is 7.44. The molecular formula is C12H23N3OS. The van der Waals surface area contributed by atoms with Crippen LogP contribution in [0.4, 0.5) is 0 Å². The molecule has 0 aliphatic rings. The molecule has 0 aliphatic carbocycles. The molecule has 0 amide bonds. The standard InChI is InChI=1S/C12H23N3OS/c1-4-7-10(13-5-2)8-12-14-11(15-16-12)9-17-6-3/h10,13H,4-9H2,1-3H3. The van der Waals surface area contributed by atoms with Gasteiger partial charge in [0.1, 0.15) is 0 Å². The molecule has 5 heteroatoms. The number of hydrogen-bond donors (Lipinski definition) is 1. The predicted octanol–water partition coefficient (Wildman–Crippen LogP) is 2.64. The quantitative estimate of drug-likeness (QED) is 0.737. The van der Waals surface area contributed by atoms with Crippen LogP contribution in [0.2, 0.25) is 0 Å². The third-order valence-electron chi connectivity index (χ3n) is 2.50. The number of nitrogens with one attached hydrogen (secondary N) is 1. The number of likely N-dealkylation sites (N-methyl/N-ethyl adjacent to an activating group) is 1. The van der Waals surface area contributed by atoms with Crippen molar-refractivity contribution in [1.29, 1.82) is 0 Å². The third kappa shape index (κ3) is 5.55. The van der Waals surface area contributed by atoms with Gasteiger partial charge in [-0.25, -0.2) is 0 Å². The lowest BCUT2D eigenvalue weighted by Gasteiger charge is -2.14. The van der Waals surface area contributed by atoms with Crippen molar-refractivity contribution in [3.05, 3.63) is 11.7 Å². The lowest BCUT2D eigenvalue weighted by atomic mass is 10.1. The van der Waals surface area contributed by atoms with E-state index >= 15 is 0 Å². The van der Waals surface area contributed by atoms with Gasteiger partial charge in [0.25, 0.3) is 0 Å². The molecule has 0 aliphatic heterocycles. The number of rotatable bonds is 9. The second kappa shape index (κ2) is 8.53. The van der Waals surface area contributed by atoms with Gasteiger partial charge >= 0.3 is 0 Å². The summed E-state index contributed by atoms with van der Waals surface area (Å²) in [6.45, 7) is 7.44. The van der Waals surface area contributed by atoms with E-state index < -0.39 is 0 Å². The van der Waals surface area contributed by atoms with Crippen molar-refractivity contribution in [3.8, 4) is 0 Å². The summed E-state index contributed by atoms with van der Waals surface area (Å²) >= 11 is 1.81. The lowest BCUT2D eigenvalue weighted by molar-refractivity contribution is 0.349. The van der Waals surface area contributed by atoms with Crippen LogP contribution in [0, 0.1) is 0 Å². The SMILES string of the molecule is CCCC(Cc1nc(CSCC)no1)NCC. The summed E-state index contributed by atoms with van der Waals surface area (Å²) in [5.41, 5.74) is 0. The van der Waals surface area contributed by atoms with Gasteiger partial charge in [-0.2, -0.15) is 16.7 Å². The Labute approximate surface area is 108 Å². The first-order valence-electron chi connectivity index (χ1n) is 6.42. The van der Waals surface area contributed by atoms with Gasteiger partial charge in [0.2, 0.25) is 5.89 Å². The van der Waals surface area contributed by atoms with Crippen molar-refractivity contribution in [2.24, 2.45) is 0 Å². The smallest absolute Gasteiger partial charge is 0.228 e. The minimum atomic E-state index is 0.456. The van der Waals surface area contributed by atoms with Crippen LogP contribution in [0.25, 0.3) is 0 Å². The van der Waals surface area contributed by atoms with Gasteiger partial charge in [-0.1, -0.05) is 32.3 Å². The van der Waals surface area contributed by atoms with Crippen molar-refractivity contribution >= 4 is 11.8 Å². The maximum atomic E-state index is 5.27. The number of aromatic nitrogens is 2. The van der Waals surface area contributed by atoms with E-state index in [4.69, 9.17) is 4.52 Å². The molecule has 0 fully saturated rings. The van der Waals surface area contributed by atoms with Crippen LogP contribution in [0.15, 0.2) is 4.52 Å². The maximum absolute atomic E-state index is 5.27. The van der Waals surface area contributed by atoms with E-state index in [0.717, 1.165) is 42.6 Å². The molecule has 1 aromatic heterocycles. The van der Waals surface area contributed by atoms with Crippen molar-refractivity contribution in [2.45, 2.75) is 51.8 Å². The highest BCUT2D eigenvalue weighted by molar-refractivity contribution is 7.98. The van der Waals surface area contributed by atoms with Gasteiger partial charge in [0, 0.05) is 12.5 Å². The molecule has 0 bridgehead atoms. The fraction of sp³-hybridized carbons (Fsp3) is 0.833. The second-order valence-electron chi connectivity index (χ2n) is 3.99. The number of nitrogens with zero attached hydrogens (tertiary/aromatic N) is 2. The zero-order chi connectivity index (χ0) is 12.5. The fourth-order valence-corrected chi connectivity index (χ4v) is 2.25. The minimum Gasteiger partial charge on any atom is -0.339 e. The van der Waals surface area contributed by atoms with Crippen molar-refractivity contribution in [1.82, 2.24) is 15.5 Å². The Morgan fingerprint density at radius 1 is 1.35 bits per heavy atom. The Balaban J connectivity index is 2.45. The first-order chi connectivity index (χ1) is 8.30. The van der Waals surface area contributed by atoms with Crippen molar-refractivity contribution in [2.75, 3.05) is 12.3 Å². The highest BCUT2D eigenvalue weighted by Crippen LogP contribution is 2.10. The largest absolute Gasteiger partial charge is 0.339 e. The van der Waals surface area contributed by atoms with Crippen LogP contribution < -0.4 is 5.32 Å². The van der Waals surface area contributed by atoms with Crippen LogP contribution in [0.3, 0.4) is 0 Å². The molecular weight excluding hydrogens is 234 g/mol. The predicted molar refractivity (Wildman–Crippen MR) is 72.2 cm³/mol. The van der Waals surface area contributed by atoms with E-state index in [1.165, 1.54) is 6.42 Å². The Hall–Kier alpha value is -0.550. The molecule has 0 aromatic carbocycles. The fourth-order valence-electron chi connectivity index (χ4n) is 1.75. The van der Waals surface area contributed by atoms with E-state index in [0.29, 0.717) is 6.04 Å². The number of thioether (sulfide) groups is 1. The van der Waals surface area contributed by atoms with Crippen LogP contribution in [-0.4, -0.2) is 28.5 Å². The Morgan fingerprint density at radius 3 is 2.82 bits per heavy atom. The van der Waals surface area contributed by atoms with Crippen LogP contribution >= 0.6 is 11.8 Å². The molecule has 0 saturated heterocycles. The van der Waals surface area contributed by atoms with Gasteiger partial charge in [0.05, 0.1) is 5.75 Å². The second-order valence-corrected chi connectivity index (χ2v) is 5.26. The molecule has 0 spiro atoms. The monoisotopic (exact) mass is 257 g/mol. The molecule has 1 N–H and O–H groups in total. The summed E-state index contributed by atoms with van der Waals surface area (Å²) in [6, 6.07) is 0.456. The molecule has 17 heavy (non-hydrogen) atoms. The van der Waals surface area contributed by atoms with Gasteiger partial charge in [-0.05, 0) is 18.7 Å². The van der Waals surface area contributed by atoms with E-state index in [-0.39, 0.29) is 0 Å². The van der Waals surface area contributed by atoms with Gasteiger partial charge < -0.3 is 9.84 Å². The topological polar surface area (TPSA) is 51.0 Å². The maximum Gasteiger partial charge on any atom is 0.228 e. The van der Waals surface area contributed by atoms with Crippen molar-refractivity contribution < 1.29 is 4.52 Å². The molecule has 1 rings (SSSR count). The molecule has 1 aromatic rings. The van der Waals surface area contributed by atoms with Crippen molar-refractivity contribution in [3.63, 3.8) is 0 Å². The molecule has 1 atom stereocenters. The Morgan fingerprint density at radius 2 is 2.18 bits per heavy atom. The molecule has 0 saturated carbocycles. The molecule has 4 nitrogen and oxygen atoms in total. The molecule has 0 radical (unpaired) electrons. The number of hydrogen-bond acceptors (Lipinski definition) is 5. The minimum absolute atomic E-state index is 0.456. The third-order valence-corrected chi connectivity index (χ3v) is 3.37. The summed E-state index contributed by atoms with van der Waals surface area (Å²) < 4.78 is 5.27.